The number of benzene rings is 1. The van der Waals surface area contributed by atoms with Crippen LogP contribution in [0.1, 0.15) is 36.3 Å². The first kappa shape index (κ1) is 21.8. The number of fused-ring (bicyclic) bond motifs is 1. The quantitative estimate of drug-likeness (QED) is 0.680. The largest absolute Gasteiger partial charge is 0.375 e. The Kier molecular flexibility index (Phi) is 6.22. The van der Waals surface area contributed by atoms with E-state index in [9.17, 15) is 4.79 Å². The average molecular weight is 462 g/mol. The van der Waals surface area contributed by atoms with Gasteiger partial charge in [0, 0.05) is 49.6 Å². The third-order valence-electron chi connectivity index (χ3n) is 6.11. The Morgan fingerprint density at radius 3 is 2.87 bits per heavy atom. The van der Waals surface area contributed by atoms with Crippen molar-refractivity contribution in [1.29, 1.82) is 0 Å². The van der Waals surface area contributed by atoms with E-state index in [1.807, 2.05) is 17.0 Å². The van der Waals surface area contributed by atoms with Gasteiger partial charge in [0.25, 0.3) is 0 Å². The van der Waals surface area contributed by atoms with Crippen molar-refractivity contribution in [2.75, 3.05) is 38.1 Å². The maximum atomic E-state index is 12.8. The van der Waals surface area contributed by atoms with Crippen LogP contribution in [0.15, 0.2) is 30.3 Å². The lowest BCUT2D eigenvalue weighted by molar-refractivity contribution is -0.117. The molecular weight excluding hydrogens is 434 g/mol. The number of hydrogen-bond acceptors (Lipinski definition) is 4. The third kappa shape index (κ3) is 4.57. The van der Waals surface area contributed by atoms with Gasteiger partial charge in [-0.15, -0.1) is 11.3 Å². The number of carbonyl (C=O) groups excluding carboxylic acids is 1. The van der Waals surface area contributed by atoms with E-state index in [4.69, 9.17) is 23.8 Å². The van der Waals surface area contributed by atoms with Gasteiger partial charge in [0.1, 0.15) is 4.99 Å². The van der Waals surface area contributed by atoms with E-state index in [-0.39, 0.29) is 17.2 Å². The summed E-state index contributed by atoms with van der Waals surface area (Å²) in [5, 5.41) is 3.32. The predicted octanol–water partition coefficient (Wildman–Crippen LogP) is 4.49. The van der Waals surface area contributed by atoms with Gasteiger partial charge >= 0.3 is 0 Å². The highest BCUT2D eigenvalue weighted by Gasteiger charge is 2.33. The number of nitrogens with one attached hydrogen (secondary N) is 1. The molecule has 0 aliphatic carbocycles. The predicted molar refractivity (Wildman–Crippen MR) is 130 cm³/mol. The van der Waals surface area contributed by atoms with Gasteiger partial charge in [-0.2, -0.15) is 0 Å². The van der Waals surface area contributed by atoms with Gasteiger partial charge in [0.05, 0.1) is 9.21 Å². The summed E-state index contributed by atoms with van der Waals surface area (Å²) in [5.41, 5.74) is 3.91. The van der Waals surface area contributed by atoms with Crippen LogP contribution in [0.5, 0.6) is 0 Å². The van der Waals surface area contributed by atoms with Crippen LogP contribution in [0.25, 0.3) is 0 Å². The van der Waals surface area contributed by atoms with E-state index < -0.39 is 0 Å². The maximum Gasteiger partial charge on any atom is 0.227 e. The summed E-state index contributed by atoms with van der Waals surface area (Å²) in [7, 11) is 2.19. The first-order chi connectivity index (χ1) is 14.2. The van der Waals surface area contributed by atoms with Crippen LogP contribution in [0.2, 0.25) is 4.34 Å². The molecule has 1 unspecified atom stereocenters. The topological polar surface area (TPSA) is 35.6 Å². The summed E-state index contributed by atoms with van der Waals surface area (Å²) in [6.07, 6.45) is 1.57. The van der Waals surface area contributed by atoms with Gasteiger partial charge < -0.3 is 15.1 Å². The number of nitrogens with zero attached hydrogens (tertiary/aromatic N) is 2. The van der Waals surface area contributed by atoms with Crippen molar-refractivity contribution in [3.05, 3.63) is 50.7 Å². The summed E-state index contributed by atoms with van der Waals surface area (Å²) in [4.78, 5) is 18.8. The van der Waals surface area contributed by atoms with E-state index in [2.05, 4.69) is 49.3 Å². The number of thiocarbonyl (C=S) groups is 1. The second-order valence-corrected chi connectivity index (χ2v) is 11.2. The molecule has 2 aliphatic heterocycles. The molecule has 2 aromatic rings. The molecule has 4 rings (SSSR count). The lowest BCUT2D eigenvalue weighted by Crippen LogP contribution is -2.33. The van der Waals surface area contributed by atoms with Gasteiger partial charge in [-0.1, -0.05) is 43.7 Å². The summed E-state index contributed by atoms with van der Waals surface area (Å²) < 4.78 is 0.731. The van der Waals surface area contributed by atoms with Crippen LogP contribution in [0, 0.1) is 5.92 Å². The fraction of sp³-hybridized carbons (Fsp3) is 0.478. The van der Waals surface area contributed by atoms with E-state index in [0.717, 1.165) is 41.0 Å². The van der Waals surface area contributed by atoms with Gasteiger partial charge in [0.2, 0.25) is 5.91 Å². The standard InChI is InChI=1S/C23H28ClN3OS2/c1-23(2)14-26(3)9-8-16-11-17(4-5-18(16)23)27-13-15(10-21(27)28)12-25-22(29)19-6-7-20(24)30-19/h4-7,11,15H,8-10,12-14H2,1-3H3,(H,25,29). The number of anilines is 1. The molecule has 1 amide bonds. The van der Waals surface area contributed by atoms with Crippen molar-refractivity contribution in [3.8, 4) is 0 Å². The minimum Gasteiger partial charge on any atom is -0.375 e. The number of halogens is 1. The number of hydrogen-bond donors (Lipinski definition) is 1. The lowest BCUT2D eigenvalue weighted by Gasteiger charge is -2.29. The highest BCUT2D eigenvalue weighted by atomic mass is 35.5. The zero-order chi connectivity index (χ0) is 21.5. The molecule has 1 aromatic heterocycles. The second kappa shape index (κ2) is 8.58. The van der Waals surface area contributed by atoms with Crippen LogP contribution >= 0.6 is 35.2 Å². The smallest absolute Gasteiger partial charge is 0.227 e. The molecule has 1 aromatic carbocycles. The highest BCUT2D eigenvalue weighted by Crippen LogP contribution is 2.34. The van der Waals surface area contributed by atoms with Crippen molar-refractivity contribution >= 4 is 51.7 Å². The van der Waals surface area contributed by atoms with Gasteiger partial charge in [-0.25, -0.2) is 0 Å². The fourth-order valence-electron chi connectivity index (χ4n) is 4.69. The lowest BCUT2D eigenvalue weighted by atomic mass is 9.81. The third-order valence-corrected chi connectivity index (χ3v) is 7.85. The molecular formula is C23H28ClN3OS2. The van der Waals surface area contributed by atoms with Crippen LogP contribution in [-0.2, 0) is 16.6 Å². The number of amides is 1. The molecule has 1 fully saturated rings. The van der Waals surface area contributed by atoms with Crippen LogP contribution in [-0.4, -0.2) is 49.0 Å². The fourth-order valence-corrected chi connectivity index (χ4v) is 5.93. The zero-order valence-corrected chi connectivity index (χ0v) is 20.1. The zero-order valence-electron chi connectivity index (χ0n) is 17.7. The average Bonchev–Trinajstić information content (AvgIpc) is 3.26. The van der Waals surface area contributed by atoms with Crippen molar-refractivity contribution in [3.63, 3.8) is 0 Å². The summed E-state index contributed by atoms with van der Waals surface area (Å²) in [6, 6.07) is 10.4. The summed E-state index contributed by atoms with van der Waals surface area (Å²) >= 11 is 12.9. The SMILES string of the molecule is CN1CCc2cc(N3CC(CNC(=S)c4ccc(Cl)s4)CC3=O)ccc2C(C)(C)C1. The van der Waals surface area contributed by atoms with Crippen LogP contribution in [0.4, 0.5) is 5.69 Å². The molecule has 30 heavy (non-hydrogen) atoms. The van der Waals surface area contributed by atoms with Gasteiger partial charge in [0.15, 0.2) is 0 Å². The first-order valence-electron chi connectivity index (χ1n) is 10.4. The van der Waals surface area contributed by atoms with E-state index in [1.54, 1.807) is 0 Å². The first-order valence-corrected chi connectivity index (χ1v) is 12.0. The number of rotatable bonds is 4. The van der Waals surface area contributed by atoms with Crippen LogP contribution in [0.3, 0.4) is 0 Å². The molecule has 1 saturated heterocycles. The molecule has 160 valence electrons. The number of likely N-dealkylation sites (N-methyl/N-ethyl adjacent to an activating group) is 1. The Bertz CT molecular complexity index is 971. The Morgan fingerprint density at radius 1 is 1.33 bits per heavy atom. The molecule has 0 saturated carbocycles. The Balaban J connectivity index is 1.44. The molecule has 0 spiro atoms. The number of carbonyl (C=O) groups is 1. The van der Waals surface area contributed by atoms with Gasteiger partial charge in [-0.3, -0.25) is 4.79 Å². The Morgan fingerprint density at radius 2 is 2.13 bits per heavy atom. The highest BCUT2D eigenvalue weighted by molar-refractivity contribution is 7.81. The van der Waals surface area contributed by atoms with E-state index in [1.165, 1.54) is 22.5 Å². The number of thiophene rings is 1. The Hall–Kier alpha value is -1.47. The summed E-state index contributed by atoms with van der Waals surface area (Å²) in [6.45, 7) is 8.12. The minimum absolute atomic E-state index is 0.112. The molecule has 7 heteroatoms. The van der Waals surface area contributed by atoms with Gasteiger partial charge in [-0.05, 0) is 48.9 Å². The molecule has 1 N–H and O–H groups in total. The Labute approximate surface area is 193 Å². The van der Waals surface area contributed by atoms with Crippen molar-refractivity contribution in [2.45, 2.75) is 32.1 Å². The van der Waals surface area contributed by atoms with Crippen molar-refractivity contribution in [1.82, 2.24) is 10.2 Å². The molecule has 3 heterocycles. The monoisotopic (exact) mass is 461 g/mol. The molecule has 0 radical (unpaired) electrons. The molecule has 1 atom stereocenters. The molecule has 0 bridgehead atoms. The van der Waals surface area contributed by atoms with Crippen LogP contribution < -0.4 is 10.2 Å². The van der Waals surface area contributed by atoms with Crippen molar-refractivity contribution in [2.24, 2.45) is 5.92 Å². The molecule has 4 nitrogen and oxygen atoms in total. The minimum atomic E-state index is 0.112. The normalized spacial score (nSPS) is 21.4. The van der Waals surface area contributed by atoms with Crippen molar-refractivity contribution < 1.29 is 4.79 Å². The molecule has 2 aliphatic rings. The maximum absolute atomic E-state index is 12.8. The van der Waals surface area contributed by atoms with E-state index in [0.29, 0.717) is 18.0 Å². The second-order valence-electron chi connectivity index (χ2n) is 9.10. The summed E-state index contributed by atoms with van der Waals surface area (Å²) in [5.74, 6) is 0.434. The van der Waals surface area contributed by atoms with E-state index >= 15 is 0 Å².